The monoisotopic (exact) mass is 394 g/mol. The summed E-state index contributed by atoms with van der Waals surface area (Å²) < 4.78 is 22.2. The molecule has 0 fully saturated rings. The second-order valence-corrected chi connectivity index (χ2v) is 5.73. The molecule has 0 amide bonds. The minimum absolute atomic E-state index is 0.341. The zero-order chi connectivity index (χ0) is 17.5. The van der Waals surface area contributed by atoms with Crippen molar-refractivity contribution >= 4 is 21.9 Å². The van der Waals surface area contributed by atoms with E-state index in [2.05, 4.69) is 15.9 Å². The summed E-state index contributed by atoms with van der Waals surface area (Å²) in [5, 5.41) is 0. The molecule has 0 atom stereocenters. The van der Waals surface area contributed by atoms with E-state index in [0.717, 1.165) is 6.42 Å². The summed E-state index contributed by atoms with van der Waals surface area (Å²) >= 11 is 3.41. The number of rotatable bonds is 7. The van der Waals surface area contributed by atoms with Gasteiger partial charge in [-0.1, -0.05) is 19.1 Å². The molecule has 0 N–H and O–H groups in total. The second kappa shape index (κ2) is 8.59. The average molecular weight is 395 g/mol. The lowest BCUT2D eigenvalue weighted by Crippen LogP contribution is -2.10. The van der Waals surface area contributed by atoms with Gasteiger partial charge in [0.2, 0.25) is 0 Å². The molecule has 0 saturated heterocycles. The summed E-state index contributed by atoms with van der Waals surface area (Å²) in [7, 11) is 3.04. The van der Waals surface area contributed by atoms with Gasteiger partial charge in [-0.25, -0.2) is 4.79 Å². The number of esters is 1. The van der Waals surface area contributed by atoms with Crippen molar-refractivity contribution in [2.45, 2.75) is 13.3 Å². The van der Waals surface area contributed by atoms with Crippen LogP contribution in [0.4, 0.5) is 0 Å². The molecule has 2 rings (SSSR count). The molecule has 6 heteroatoms. The number of benzene rings is 2. The summed E-state index contributed by atoms with van der Waals surface area (Å²) in [5.74, 6) is 1.35. The normalized spacial score (nSPS) is 10.2. The predicted octanol–water partition coefficient (Wildman–Crippen LogP) is 4.47. The SMILES string of the molecule is CCCOc1c(Br)cc(C(=O)Oc2ccccc2OC)cc1OC. The first-order valence-corrected chi connectivity index (χ1v) is 8.25. The smallest absolute Gasteiger partial charge is 0.343 e. The van der Waals surface area contributed by atoms with Crippen molar-refractivity contribution < 1.29 is 23.7 Å². The molecule has 0 aliphatic carbocycles. The molecule has 2 aromatic rings. The molecule has 128 valence electrons. The Kier molecular flexibility index (Phi) is 6.49. The van der Waals surface area contributed by atoms with Gasteiger partial charge in [0.15, 0.2) is 23.0 Å². The quantitative estimate of drug-likeness (QED) is 0.511. The van der Waals surface area contributed by atoms with Gasteiger partial charge < -0.3 is 18.9 Å². The van der Waals surface area contributed by atoms with Gasteiger partial charge in [-0.2, -0.15) is 0 Å². The molecule has 0 aliphatic heterocycles. The first-order chi connectivity index (χ1) is 11.6. The standard InChI is InChI=1S/C18H19BrO5/c1-4-9-23-17-13(19)10-12(11-16(17)22-3)18(20)24-15-8-6-5-7-14(15)21-2/h5-8,10-11H,4,9H2,1-3H3. The number of carbonyl (C=O) groups is 1. The summed E-state index contributed by atoms with van der Waals surface area (Å²) in [6.07, 6.45) is 0.868. The molecular weight excluding hydrogens is 376 g/mol. The van der Waals surface area contributed by atoms with Crippen LogP contribution in [0.1, 0.15) is 23.7 Å². The lowest BCUT2D eigenvalue weighted by atomic mass is 10.2. The van der Waals surface area contributed by atoms with Crippen molar-refractivity contribution in [3.63, 3.8) is 0 Å². The maximum absolute atomic E-state index is 12.4. The first-order valence-electron chi connectivity index (χ1n) is 7.46. The molecule has 0 spiro atoms. The van der Waals surface area contributed by atoms with E-state index < -0.39 is 5.97 Å². The van der Waals surface area contributed by atoms with E-state index >= 15 is 0 Å². The lowest BCUT2D eigenvalue weighted by Gasteiger charge is -2.14. The van der Waals surface area contributed by atoms with Crippen LogP contribution in [0.25, 0.3) is 0 Å². The largest absolute Gasteiger partial charge is 0.493 e. The van der Waals surface area contributed by atoms with Crippen LogP contribution >= 0.6 is 15.9 Å². The summed E-state index contributed by atoms with van der Waals surface area (Å²) in [4.78, 5) is 12.4. The molecule has 0 saturated carbocycles. The van der Waals surface area contributed by atoms with Crippen molar-refractivity contribution in [2.24, 2.45) is 0 Å². The summed E-state index contributed by atoms with van der Waals surface area (Å²) in [5.41, 5.74) is 0.341. The highest BCUT2D eigenvalue weighted by Gasteiger charge is 2.18. The minimum atomic E-state index is -0.513. The average Bonchev–Trinajstić information content (AvgIpc) is 2.60. The topological polar surface area (TPSA) is 54.0 Å². The molecular formula is C18H19BrO5. The fourth-order valence-corrected chi connectivity index (χ4v) is 2.60. The zero-order valence-electron chi connectivity index (χ0n) is 13.8. The van der Waals surface area contributed by atoms with Gasteiger partial charge in [-0.15, -0.1) is 0 Å². The molecule has 0 radical (unpaired) electrons. The van der Waals surface area contributed by atoms with Gasteiger partial charge in [-0.05, 0) is 46.6 Å². The van der Waals surface area contributed by atoms with Gasteiger partial charge >= 0.3 is 5.97 Å². The van der Waals surface area contributed by atoms with Crippen molar-refractivity contribution in [1.82, 2.24) is 0 Å². The Balaban J connectivity index is 2.28. The van der Waals surface area contributed by atoms with E-state index in [1.54, 1.807) is 36.4 Å². The van der Waals surface area contributed by atoms with Crippen molar-refractivity contribution in [3.8, 4) is 23.0 Å². The molecule has 2 aromatic carbocycles. The highest BCUT2D eigenvalue weighted by molar-refractivity contribution is 9.10. The van der Waals surface area contributed by atoms with Gasteiger partial charge in [0.1, 0.15) is 0 Å². The molecule has 0 aliphatic rings. The number of hydrogen-bond donors (Lipinski definition) is 0. The number of ether oxygens (including phenoxy) is 4. The molecule has 0 heterocycles. The van der Waals surface area contributed by atoms with E-state index in [-0.39, 0.29) is 0 Å². The molecule has 0 aromatic heterocycles. The Hall–Kier alpha value is -2.21. The number of para-hydroxylation sites is 2. The number of halogens is 1. The van der Waals surface area contributed by atoms with Crippen molar-refractivity contribution in [1.29, 1.82) is 0 Å². The highest BCUT2D eigenvalue weighted by Crippen LogP contribution is 2.37. The molecule has 5 nitrogen and oxygen atoms in total. The first kappa shape index (κ1) is 18.1. The third kappa shape index (κ3) is 4.20. The fourth-order valence-electron chi connectivity index (χ4n) is 2.04. The Morgan fingerprint density at radius 1 is 1.04 bits per heavy atom. The minimum Gasteiger partial charge on any atom is -0.493 e. The summed E-state index contributed by atoms with van der Waals surface area (Å²) in [6, 6.07) is 10.2. The van der Waals surface area contributed by atoms with Crippen molar-refractivity contribution in [2.75, 3.05) is 20.8 Å². The zero-order valence-corrected chi connectivity index (χ0v) is 15.4. The van der Waals surface area contributed by atoms with Crippen LogP contribution in [0.2, 0.25) is 0 Å². The maximum Gasteiger partial charge on any atom is 0.343 e. The van der Waals surface area contributed by atoms with Gasteiger partial charge in [0, 0.05) is 0 Å². The van der Waals surface area contributed by atoms with Crippen LogP contribution in [0.15, 0.2) is 40.9 Å². The van der Waals surface area contributed by atoms with Gasteiger partial charge in [0.05, 0.1) is 30.9 Å². The Labute approximate surface area is 149 Å². The van der Waals surface area contributed by atoms with E-state index in [9.17, 15) is 4.79 Å². The predicted molar refractivity (Wildman–Crippen MR) is 94.4 cm³/mol. The van der Waals surface area contributed by atoms with Crippen molar-refractivity contribution in [3.05, 3.63) is 46.4 Å². The molecule has 0 bridgehead atoms. The maximum atomic E-state index is 12.4. The highest BCUT2D eigenvalue weighted by atomic mass is 79.9. The van der Waals surface area contributed by atoms with Crippen LogP contribution in [0.3, 0.4) is 0 Å². The Bertz CT molecular complexity index is 715. The van der Waals surface area contributed by atoms with Crippen LogP contribution in [-0.4, -0.2) is 26.8 Å². The van der Waals surface area contributed by atoms with E-state index in [1.165, 1.54) is 14.2 Å². The van der Waals surface area contributed by atoms with Crippen LogP contribution in [-0.2, 0) is 0 Å². The third-order valence-electron chi connectivity index (χ3n) is 3.19. The van der Waals surface area contributed by atoms with E-state index in [0.29, 0.717) is 39.6 Å². The van der Waals surface area contributed by atoms with E-state index in [4.69, 9.17) is 18.9 Å². The third-order valence-corrected chi connectivity index (χ3v) is 3.78. The second-order valence-electron chi connectivity index (χ2n) is 4.88. The molecule has 0 unspecified atom stereocenters. The number of methoxy groups -OCH3 is 2. The Morgan fingerprint density at radius 3 is 2.33 bits per heavy atom. The number of hydrogen-bond acceptors (Lipinski definition) is 5. The van der Waals surface area contributed by atoms with Gasteiger partial charge in [0.25, 0.3) is 0 Å². The Morgan fingerprint density at radius 2 is 1.71 bits per heavy atom. The van der Waals surface area contributed by atoms with Crippen LogP contribution in [0.5, 0.6) is 23.0 Å². The van der Waals surface area contributed by atoms with Crippen LogP contribution in [0, 0.1) is 0 Å². The summed E-state index contributed by atoms with van der Waals surface area (Å²) in [6.45, 7) is 2.57. The lowest BCUT2D eigenvalue weighted by molar-refractivity contribution is 0.0729. The van der Waals surface area contributed by atoms with Crippen LogP contribution < -0.4 is 18.9 Å². The fraction of sp³-hybridized carbons (Fsp3) is 0.278. The molecule has 24 heavy (non-hydrogen) atoms. The van der Waals surface area contributed by atoms with E-state index in [1.807, 2.05) is 6.92 Å². The number of carbonyl (C=O) groups excluding carboxylic acids is 1. The van der Waals surface area contributed by atoms with Gasteiger partial charge in [-0.3, -0.25) is 0 Å².